The van der Waals surface area contributed by atoms with Crippen molar-refractivity contribution in [1.82, 2.24) is 0 Å². The monoisotopic (exact) mass is 378 g/mol. The molecule has 0 saturated carbocycles. The van der Waals surface area contributed by atoms with Gasteiger partial charge < -0.3 is 0 Å². The van der Waals surface area contributed by atoms with Crippen LogP contribution in [0.4, 0.5) is 0 Å². The summed E-state index contributed by atoms with van der Waals surface area (Å²) in [6, 6.07) is 18.1. The molecule has 4 rings (SSSR count). The summed E-state index contributed by atoms with van der Waals surface area (Å²) in [7, 11) is 0. The molecule has 0 fully saturated rings. The van der Waals surface area contributed by atoms with Crippen molar-refractivity contribution in [2.75, 3.05) is 0 Å². The molecule has 0 N–H and O–H groups in total. The van der Waals surface area contributed by atoms with E-state index in [1.54, 1.807) is 14.4 Å². The average molecular weight is 380 g/mol. The Kier molecular flexibility index (Phi) is 3.36. The molecule has 0 amide bonds. The third kappa shape index (κ3) is 2.02. The first kappa shape index (κ1) is 15.2. The number of fused-ring (bicyclic) bond motifs is 3. The van der Waals surface area contributed by atoms with Crippen molar-refractivity contribution < 1.29 is 18.3 Å². The zero-order chi connectivity index (χ0) is 16.1. The van der Waals surface area contributed by atoms with Crippen molar-refractivity contribution in [2.24, 2.45) is 0 Å². The summed E-state index contributed by atoms with van der Waals surface area (Å²) in [5.41, 5.74) is 6.00. The standard InChI is InChI=1S/C13H9.C5H5.C2H4.2CH3.Zr/c1-3-7-12-10(5-1)9-11-6-2-4-8-13(11)12;1-2-4-5-3-1;1-2;;;/h1-9H;1-3H,4H2;1H,2H3;2*1H3;. The van der Waals surface area contributed by atoms with E-state index < -0.39 is 18.3 Å². The fourth-order valence-corrected chi connectivity index (χ4v) is 16.7. The van der Waals surface area contributed by atoms with Gasteiger partial charge in [0.2, 0.25) is 0 Å². The topological polar surface area (TPSA) is 0 Å². The Hall–Kier alpha value is -1.33. The van der Waals surface area contributed by atoms with Gasteiger partial charge in [-0.05, 0) is 0 Å². The van der Waals surface area contributed by atoms with Crippen LogP contribution >= 0.6 is 0 Å². The van der Waals surface area contributed by atoms with Crippen molar-refractivity contribution in [3.63, 3.8) is 0 Å². The molecule has 23 heavy (non-hydrogen) atoms. The Labute approximate surface area is 140 Å². The van der Waals surface area contributed by atoms with E-state index in [2.05, 4.69) is 86.7 Å². The second kappa shape index (κ2) is 5.08. The molecule has 2 aliphatic rings. The molecule has 2 aromatic carbocycles. The van der Waals surface area contributed by atoms with Crippen molar-refractivity contribution in [3.8, 4) is 11.1 Å². The number of rotatable bonds is 2. The van der Waals surface area contributed by atoms with Gasteiger partial charge in [0.1, 0.15) is 0 Å². The van der Waals surface area contributed by atoms with Crippen LogP contribution in [0, 0.1) is 0 Å². The first-order valence-electron chi connectivity index (χ1n) is 8.60. The summed E-state index contributed by atoms with van der Waals surface area (Å²) in [6.07, 6.45) is 8.14. The van der Waals surface area contributed by atoms with Crippen LogP contribution < -0.4 is 0 Å². The summed E-state index contributed by atoms with van der Waals surface area (Å²) in [6.45, 7) is 2.31. The quantitative estimate of drug-likeness (QED) is 0.582. The molecule has 116 valence electrons. The SMILES string of the molecule is C[CH]=[Zr]([CH3])([CH3])([C]1=CC=CC1)[CH]1c2ccccc2-c2ccccc21. The van der Waals surface area contributed by atoms with Gasteiger partial charge in [-0.25, -0.2) is 0 Å². The van der Waals surface area contributed by atoms with Crippen LogP contribution in [0.25, 0.3) is 11.1 Å². The second-order valence-electron chi connectivity index (χ2n) is 7.83. The zero-order valence-corrected chi connectivity index (χ0v) is 16.7. The van der Waals surface area contributed by atoms with Crippen LogP contribution in [0.3, 0.4) is 0 Å². The van der Waals surface area contributed by atoms with Crippen LogP contribution in [0.5, 0.6) is 0 Å². The summed E-state index contributed by atoms with van der Waals surface area (Å²) in [4.78, 5) is 0. The molecular weight excluding hydrogens is 355 g/mol. The van der Waals surface area contributed by atoms with E-state index in [1.165, 1.54) is 11.1 Å². The molecule has 2 aromatic rings. The van der Waals surface area contributed by atoms with Gasteiger partial charge in [0.15, 0.2) is 0 Å². The second-order valence-corrected chi connectivity index (χ2v) is 25.1. The molecule has 0 radical (unpaired) electrons. The normalized spacial score (nSPS) is 17.0. The maximum atomic E-state index is 2.63. The number of hydrogen-bond acceptors (Lipinski definition) is 0. The maximum absolute atomic E-state index is 3.26. The zero-order valence-electron chi connectivity index (χ0n) is 14.2. The van der Waals surface area contributed by atoms with Crippen LogP contribution in [0.1, 0.15) is 28.1 Å². The molecule has 0 nitrogen and oxygen atoms in total. The molecular formula is C22H24Zr. The Balaban J connectivity index is 2.06. The molecule has 0 atom stereocenters. The van der Waals surface area contributed by atoms with Gasteiger partial charge >= 0.3 is 141 Å². The van der Waals surface area contributed by atoms with Crippen LogP contribution in [-0.4, -0.2) is 3.71 Å². The van der Waals surface area contributed by atoms with Gasteiger partial charge in [-0.3, -0.25) is 0 Å². The molecule has 0 heterocycles. The fourth-order valence-electron chi connectivity index (χ4n) is 4.68. The summed E-state index contributed by atoms with van der Waals surface area (Å²) >= 11 is -3.26. The Morgan fingerprint density at radius 1 is 0.913 bits per heavy atom. The molecule has 0 aliphatic heterocycles. The molecule has 0 aromatic heterocycles. The summed E-state index contributed by atoms with van der Waals surface area (Å²) in [5, 5.41) is 0. The predicted molar refractivity (Wildman–Crippen MR) is 99.0 cm³/mol. The first-order valence-corrected chi connectivity index (χ1v) is 17.6. The van der Waals surface area contributed by atoms with Gasteiger partial charge in [-0.2, -0.15) is 0 Å². The van der Waals surface area contributed by atoms with Gasteiger partial charge in [-0.1, -0.05) is 0 Å². The third-order valence-electron chi connectivity index (χ3n) is 6.39. The fraction of sp³-hybridized carbons (Fsp3) is 0.227. The molecule has 2 aliphatic carbocycles. The first-order chi connectivity index (χ1) is 11.1. The average Bonchev–Trinajstić information content (AvgIpc) is 3.22. The Bertz CT molecular complexity index is 873. The predicted octanol–water partition coefficient (Wildman–Crippen LogP) is 6.21. The van der Waals surface area contributed by atoms with Gasteiger partial charge in [-0.15, -0.1) is 0 Å². The van der Waals surface area contributed by atoms with E-state index in [4.69, 9.17) is 0 Å². The molecule has 0 saturated heterocycles. The molecule has 0 bridgehead atoms. The number of benzene rings is 2. The molecule has 0 spiro atoms. The van der Waals surface area contributed by atoms with Crippen molar-refractivity contribution in [2.45, 2.75) is 26.2 Å². The van der Waals surface area contributed by atoms with Gasteiger partial charge in [0.25, 0.3) is 0 Å². The van der Waals surface area contributed by atoms with E-state index in [9.17, 15) is 0 Å². The van der Waals surface area contributed by atoms with Gasteiger partial charge in [0, 0.05) is 0 Å². The minimum atomic E-state index is -3.26. The Morgan fingerprint density at radius 2 is 1.48 bits per heavy atom. The van der Waals surface area contributed by atoms with E-state index in [0.717, 1.165) is 6.42 Å². The number of allylic oxidation sites excluding steroid dienone is 4. The van der Waals surface area contributed by atoms with Crippen molar-refractivity contribution in [3.05, 3.63) is 81.2 Å². The van der Waals surface area contributed by atoms with Crippen molar-refractivity contribution in [1.29, 1.82) is 0 Å². The molecule has 0 unspecified atom stereocenters. The number of hydrogen-bond donors (Lipinski definition) is 0. The van der Waals surface area contributed by atoms with E-state index in [-0.39, 0.29) is 0 Å². The van der Waals surface area contributed by atoms with E-state index in [0.29, 0.717) is 3.63 Å². The van der Waals surface area contributed by atoms with Gasteiger partial charge in [0.05, 0.1) is 0 Å². The van der Waals surface area contributed by atoms with E-state index >= 15 is 0 Å². The third-order valence-corrected chi connectivity index (χ3v) is 22.5. The van der Waals surface area contributed by atoms with E-state index in [1.807, 2.05) is 0 Å². The van der Waals surface area contributed by atoms with Crippen LogP contribution in [0.15, 0.2) is 70.0 Å². The van der Waals surface area contributed by atoms with Crippen molar-refractivity contribution >= 4 is 3.71 Å². The van der Waals surface area contributed by atoms with Crippen LogP contribution in [-0.2, 0) is 18.3 Å². The van der Waals surface area contributed by atoms with Crippen LogP contribution in [0.2, 0.25) is 9.26 Å². The Morgan fingerprint density at radius 3 is 1.96 bits per heavy atom. The summed E-state index contributed by atoms with van der Waals surface area (Å²) < 4.78 is 10.2. The minimum absolute atomic E-state index is 0.569. The summed E-state index contributed by atoms with van der Waals surface area (Å²) in [5.74, 6) is 0. The molecule has 1 heteroatoms.